The molecule has 1 amide bonds. The maximum absolute atomic E-state index is 12.8. The molecule has 0 saturated heterocycles. The van der Waals surface area contributed by atoms with Gasteiger partial charge in [-0.1, -0.05) is 37.5 Å². The summed E-state index contributed by atoms with van der Waals surface area (Å²) in [6, 6.07) is 8.59. The van der Waals surface area contributed by atoms with E-state index in [9.17, 15) is 9.59 Å². The van der Waals surface area contributed by atoms with Crippen molar-refractivity contribution >= 4 is 22.8 Å². The molecule has 0 radical (unpaired) electrons. The number of carbonyl (C=O) groups is 2. The third-order valence-corrected chi connectivity index (χ3v) is 4.76. The number of pyridine rings is 1. The van der Waals surface area contributed by atoms with Crippen LogP contribution < -0.4 is 5.32 Å². The molecule has 2 aromatic rings. The molecule has 1 aromatic carbocycles. The van der Waals surface area contributed by atoms with Crippen molar-refractivity contribution in [2.75, 3.05) is 7.11 Å². The number of carbonyl (C=O) groups excluding carboxylic acids is 2. The molecule has 24 heavy (non-hydrogen) atoms. The van der Waals surface area contributed by atoms with Crippen LogP contribution in [0.4, 0.5) is 0 Å². The molecule has 1 aliphatic carbocycles. The Kier molecular flexibility index (Phi) is 5.08. The van der Waals surface area contributed by atoms with E-state index in [4.69, 9.17) is 4.74 Å². The molecule has 5 nitrogen and oxygen atoms in total. The summed E-state index contributed by atoms with van der Waals surface area (Å²) >= 11 is 0. The van der Waals surface area contributed by atoms with E-state index in [0.717, 1.165) is 36.6 Å². The summed E-state index contributed by atoms with van der Waals surface area (Å²) in [7, 11) is 1.37. The number of ether oxygens (including phenoxy) is 1. The zero-order chi connectivity index (χ0) is 16.9. The van der Waals surface area contributed by atoms with Crippen molar-refractivity contribution in [1.29, 1.82) is 0 Å². The molecule has 1 N–H and O–H groups in total. The Balaban J connectivity index is 1.85. The van der Waals surface area contributed by atoms with E-state index < -0.39 is 6.04 Å². The first-order chi connectivity index (χ1) is 11.7. The number of hydrogen-bond acceptors (Lipinski definition) is 4. The highest BCUT2D eigenvalue weighted by molar-refractivity contribution is 6.07. The van der Waals surface area contributed by atoms with Crippen molar-refractivity contribution < 1.29 is 14.3 Å². The second-order valence-corrected chi connectivity index (χ2v) is 6.25. The van der Waals surface area contributed by atoms with Gasteiger partial charge in [-0.2, -0.15) is 0 Å². The largest absolute Gasteiger partial charge is 0.467 e. The van der Waals surface area contributed by atoms with Crippen molar-refractivity contribution in [3.8, 4) is 0 Å². The van der Waals surface area contributed by atoms with Crippen LogP contribution in [-0.4, -0.2) is 30.0 Å². The molecule has 0 bridgehead atoms. The summed E-state index contributed by atoms with van der Waals surface area (Å²) in [5.74, 6) is -0.480. The van der Waals surface area contributed by atoms with Crippen molar-refractivity contribution in [2.45, 2.75) is 38.1 Å². The lowest BCUT2D eigenvalue weighted by atomic mass is 9.83. The summed E-state index contributed by atoms with van der Waals surface area (Å²) in [5, 5.41) is 3.69. The smallest absolute Gasteiger partial charge is 0.328 e. The summed E-state index contributed by atoms with van der Waals surface area (Å²) < 4.78 is 4.92. The van der Waals surface area contributed by atoms with Crippen LogP contribution in [0.25, 0.3) is 10.9 Å². The van der Waals surface area contributed by atoms with Crippen LogP contribution in [0.2, 0.25) is 0 Å². The molecule has 1 heterocycles. The number of esters is 1. The van der Waals surface area contributed by atoms with E-state index in [1.54, 1.807) is 12.3 Å². The van der Waals surface area contributed by atoms with Gasteiger partial charge in [-0.15, -0.1) is 0 Å². The van der Waals surface area contributed by atoms with Crippen LogP contribution in [0.3, 0.4) is 0 Å². The maximum atomic E-state index is 12.8. The normalized spacial score (nSPS) is 16.5. The lowest BCUT2D eigenvalue weighted by Gasteiger charge is -2.29. The van der Waals surface area contributed by atoms with E-state index >= 15 is 0 Å². The van der Waals surface area contributed by atoms with E-state index in [1.807, 2.05) is 24.3 Å². The van der Waals surface area contributed by atoms with Crippen LogP contribution in [0.5, 0.6) is 0 Å². The van der Waals surface area contributed by atoms with Gasteiger partial charge < -0.3 is 10.1 Å². The highest BCUT2D eigenvalue weighted by atomic mass is 16.5. The molecule has 3 rings (SSSR count). The van der Waals surface area contributed by atoms with Crippen molar-refractivity contribution in [3.63, 3.8) is 0 Å². The van der Waals surface area contributed by atoms with Crippen LogP contribution in [0.1, 0.15) is 42.5 Å². The highest BCUT2D eigenvalue weighted by Gasteiger charge is 2.32. The average molecular weight is 326 g/mol. The van der Waals surface area contributed by atoms with E-state index in [0.29, 0.717) is 5.56 Å². The van der Waals surface area contributed by atoms with E-state index in [-0.39, 0.29) is 17.8 Å². The van der Waals surface area contributed by atoms with Crippen molar-refractivity contribution in [2.24, 2.45) is 5.92 Å². The minimum absolute atomic E-state index is 0.142. The molecular weight excluding hydrogens is 304 g/mol. The predicted molar refractivity (Wildman–Crippen MR) is 91.6 cm³/mol. The van der Waals surface area contributed by atoms with Gasteiger partial charge in [0.1, 0.15) is 6.04 Å². The van der Waals surface area contributed by atoms with Gasteiger partial charge in [-0.25, -0.2) is 4.79 Å². The molecule has 1 saturated carbocycles. The number of aromatic nitrogens is 1. The topological polar surface area (TPSA) is 68.3 Å². The Bertz CT molecular complexity index is 733. The first kappa shape index (κ1) is 16.4. The van der Waals surface area contributed by atoms with Crippen molar-refractivity contribution in [3.05, 3.63) is 42.1 Å². The third-order valence-electron chi connectivity index (χ3n) is 4.76. The minimum Gasteiger partial charge on any atom is -0.467 e. The second-order valence-electron chi connectivity index (χ2n) is 6.25. The number of para-hydroxylation sites is 1. The average Bonchev–Trinajstić information content (AvgIpc) is 2.65. The van der Waals surface area contributed by atoms with Gasteiger partial charge in [-0.3, -0.25) is 9.78 Å². The minimum atomic E-state index is -0.588. The third kappa shape index (κ3) is 3.40. The fraction of sp³-hybridized carbons (Fsp3) is 0.421. The Hall–Kier alpha value is -2.43. The number of amides is 1. The summed E-state index contributed by atoms with van der Waals surface area (Å²) in [6.07, 6.45) is 6.87. The molecule has 0 unspecified atom stereocenters. The fourth-order valence-electron chi connectivity index (χ4n) is 3.48. The highest BCUT2D eigenvalue weighted by Crippen LogP contribution is 2.27. The molecule has 0 aliphatic heterocycles. The quantitative estimate of drug-likeness (QED) is 0.877. The molecule has 1 aliphatic rings. The lowest BCUT2D eigenvalue weighted by molar-refractivity contribution is -0.144. The van der Waals surface area contributed by atoms with Crippen LogP contribution in [0, 0.1) is 5.92 Å². The van der Waals surface area contributed by atoms with Crippen LogP contribution >= 0.6 is 0 Å². The molecule has 1 fully saturated rings. The predicted octanol–water partition coefficient (Wildman–Crippen LogP) is 3.09. The number of benzene rings is 1. The Labute approximate surface area is 141 Å². The monoisotopic (exact) mass is 326 g/mol. The zero-order valence-corrected chi connectivity index (χ0v) is 13.8. The number of nitrogens with zero attached hydrogens (tertiary/aromatic N) is 1. The van der Waals surface area contributed by atoms with Gasteiger partial charge in [-0.05, 0) is 30.9 Å². The molecular formula is C19H22N2O3. The molecule has 1 atom stereocenters. The number of rotatable bonds is 4. The molecule has 5 heteroatoms. The first-order valence-electron chi connectivity index (χ1n) is 8.43. The molecule has 126 valence electrons. The van der Waals surface area contributed by atoms with Gasteiger partial charge in [0.2, 0.25) is 0 Å². The summed E-state index contributed by atoms with van der Waals surface area (Å²) in [6.45, 7) is 0. The number of fused-ring (bicyclic) bond motifs is 1. The number of nitrogens with one attached hydrogen (secondary N) is 1. The Morgan fingerprint density at radius 3 is 2.67 bits per heavy atom. The van der Waals surface area contributed by atoms with Crippen molar-refractivity contribution in [1.82, 2.24) is 10.3 Å². The van der Waals surface area contributed by atoms with Gasteiger partial charge in [0.05, 0.1) is 18.2 Å². The second kappa shape index (κ2) is 7.43. The van der Waals surface area contributed by atoms with Gasteiger partial charge in [0.15, 0.2) is 0 Å². The SMILES string of the molecule is COC(=O)[C@@H](NC(=O)c1ccnc2ccccc12)C1CCCCC1. The van der Waals surface area contributed by atoms with E-state index in [1.165, 1.54) is 13.5 Å². The Morgan fingerprint density at radius 1 is 1.17 bits per heavy atom. The summed E-state index contributed by atoms with van der Waals surface area (Å²) in [4.78, 5) is 29.3. The van der Waals surface area contributed by atoms with Crippen LogP contribution in [-0.2, 0) is 9.53 Å². The van der Waals surface area contributed by atoms with E-state index in [2.05, 4.69) is 10.3 Å². The first-order valence-corrected chi connectivity index (χ1v) is 8.43. The fourth-order valence-corrected chi connectivity index (χ4v) is 3.48. The van der Waals surface area contributed by atoms with Gasteiger partial charge >= 0.3 is 5.97 Å². The summed E-state index contributed by atoms with van der Waals surface area (Å²) in [5.41, 5.74) is 1.29. The van der Waals surface area contributed by atoms with Gasteiger partial charge in [0.25, 0.3) is 5.91 Å². The number of methoxy groups -OCH3 is 1. The van der Waals surface area contributed by atoms with Gasteiger partial charge in [0, 0.05) is 11.6 Å². The Morgan fingerprint density at radius 2 is 1.92 bits per heavy atom. The standard InChI is InChI=1S/C19H22N2O3/c1-24-19(23)17(13-7-3-2-4-8-13)21-18(22)15-11-12-20-16-10-6-5-9-14(15)16/h5-6,9-13,17H,2-4,7-8H2,1H3,(H,21,22)/t17-/m0/s1. The van der Waals surface area contributed by atoms with Crippen LogP contribution in [0.15, 0.2) is 36.5 Å². The number of hydrogen-bond donors (Lipinski definition) is 1. The maximum Gasteiger partial charge on any atom is 0.328 e. The molecule has 1 aromatic heterocycles. The molecule has 0 spiro atoms. The lowest BCUT2D eigenvalue weighted by Crippen LogP contribution is -2.47. The zero-order valence-electron chi connectivity index (χ0n) is 13.8.